The SMILES string of the molecule is CC1CCCCC12NC(=O)N(CC(=O)NCCCCc1ccccc1)C2=O. The molecule has 6 heteroatoms. The van der Waals surface area contributed by atoms with E-state index in [1.807, 2.05) is 25.1 Å². The van der Waals surface area contributed by atoms with Crippen molar-refractivity contribution in [3.05, 3.63) is 35.9 Å². The number of unbranched alkanes of at least 4 members (excludes halogenated alkanes) is 1. The maximum absolute atomic E-state index is 12.8. The minimum Gasteiger partial charge on any atom is -0.355 e. The van der Waals surface area contributed by atoms with E-state index in [1.54, 1.807) is 0 Å². The number of benzene rings is 1. The molecule has 1 heterocycles. The van der Waals surface area contributed by atoms with Gasteiger partial charge in [0, 0.05) is 6.54 Å². The van der Waals surface area contributed by atoms with Crippen molar-refractivity contribution in [1.82, 2.24) is 15.5 Å². The summed E-state index contributed by atoms with van der Waals surface area (Å²) in [6.07, 6.45) is 6.41. The van der Waals surface area contributed by atoms with Crippen LogP contribution in [-0.2, 0) is 16.0 Å². The molecule has 1 aliphatic heterocycles. The van der Waals surface area contributed by atoms with Crippen molar-refractivity contribution in [2.45, 2.75) is 57.4 Å². The van der Waals surface area contributed by atoms with Crippen molar-refractivity contribution in [2.75, 3.05) is 13.1 Å². The van der Waals surface area contributed by atoms with E-state index in [1.165, 1.54) is 5.56 Å². The van der Waals surface area contributed by atoms with Gasteiger partial charge in [-0.05, 0) is 43.6 Å². The lowest BCUT2D eigenvalue weighted by Gasteiger charge is -2.36. The fraction of sp³-hybridized carbons (Fsp3) is 0.571. The van der Waals surface area contributed by atoms with Crippen molar-refractivity contribution in [3.63, 3.8) is 0 Å². The van der Waals surface area contributed by atoms with E-state index in [0.29, 0.717) is 13.0 Å². The quantitative estimate of drug-likeness (QED) is 0.571. The molecule has 1 saturated heterocycles. The largest absolute Gasteiger partial charge is 0.355 e. The second kappa shape index (κ2) is 8.55. The number of hydrogen-bond acceptors (Lipinski definition) is 3. The van der Waals surface area contributed by atoms with Crippen LogP contribution in [0.1, 0.15) is 51.0 Å². The molecule has 27 heavy (non-hydrogen) atoms. The average molecular weight is 371 g/mol. The number of nitrogens with one attached hydrogen (secondary N) is 2. The smallest absolute Gasteiger partial charge is 0.325 e. The van der Waals surface area contributed by atoms with E-state index in [9.17, 15) is 14.4 Å². The maximum Gasteiger partial charge on any atom is 0.325 e. The molecule has 0 bridgehead atoms. The van der Waals surface area contributed by atoms with Crippen LogP contribution in [0, 0.1) is 5.92 Å². The van der Waals surface area contributed by atoms with Crippen LogP contribution < -0.4 is 10.6 Å². The first-order valence-electron chi connectivity index (χ1n) is 9.97. The lowest BCUT2D eigenvalue weighted by Crippen LogP contribution is -2.54. The van der Waals surface area contributed by atoms with Crippen LogP contribution in [0.15, 0.2) is 30.3 Å². The van der Waals surface area contributed by atoms with Crippen molar-refractivity contribution >= 4 is 17.8 Å². The third-order valence-corrected chi connectivity index (χ3v) is 5.86. The van der Waals surface area contributed by atoms with E-state index in [2.05, 4.69) is 22.8 Å². The summed E-state index contributed by atoms with van der Waals surface area (Å²) >= 11 is 0. The van der Waals surface area contributed by atoms with Gasteiger partial charge in [-0.1, -0.05) is 50.1 Å². The zero-order valence-corrected chi connectivity index (χ0v) is 16.0. The Balaban J connectivity index is 1.42. The highest BCUT2D eigenvalue weighted by Crippen LogP contribution is 2.38. The van der Waals surface area contributed by atoms with E-state index >= 15 is 0 Å². The van der Waals surface area contributed by atoms with Gasteiger partial charge in [0.1, 0.15) is 12.1 Å². The lowest BCUT2D eigenvalue weighted by molar-refractivity contribution is -0.137. The van der Waals surface area contributed by atoms with Gasteiger partial charge in [-0.2, -0.15) is 0 Å². The van der Waals surface area contributed by atoms with Crippen LogP contribution >= 0.6 is 0 Å². The first-order valence-corrected chi connectivity index (χ1v) is 9.97. The highest BCUT2D eigenvalue weighted by molar-refractivity contribution is 6.09. The number of nitrogens with zero attached hydrogens (tertiary/aromatic N) is 1. The van der Waals surface area contributed by atoms with Crippen molar-refractivity contribution in [2.24, 2.45) is 5.92 Å². The Labute approximate surface area is 160 Å². The van der Waals surface area contributed by atoms with Gasteiger partial charge in [-0.25, -0.2) is 4.79 Å². The number of amides is 4. The molecular weight excluding hydrogens is 342 g/mol. The van der Waals surface area contributed by atoms with Gasteiger partial charge in [-0.3, -0.25) is 14.5 Å². The van der Waals surface area contributed by atoms with Crippen molar-refractivity contribution < 1.29 is 14.4 Å². The summed E-state index contributed by atoms with van der Waals surface area (Å²) in [5.41, 5.74) is 0.487. The lowest BCUT2D eigenvalue weighted by atomic mass is 9.73. The fourth-order valence-corrected chi connectivity index (χ4v) is 4.17. The van der Waals surface area contributed by atoms with E-state index in [4.69, 9.17) is 0 Å². The molecule has 4 amide bonds. The Morgan fingerprint density at radius 3 is 2.74 bits per heavy atom. The second-order valence-electron chi connectivity index (χ2n) is 7.73. The van der Waals surface area contributed by atoms with Crippen LogP contribution in [0.2, 0.25) is 0 Å². The van der Waals surface area contributed by atoms with Crippen molar-refractivity contribution in [3.8, 4) is 0 Å². The molecule has 6 nitrogen and oxygen atoms in total. The molecule has 2 atom stereocenters. The molecule has 2 fully saturated rings. The summed E-state index contributed by atoms with van der Waals surface area (Å²) < 4.78 is 0. The highest BCUT2D eigenvalue weighted by atomic mass is 16.2. The van der Waals surface area contributed by atoms with Gasteiger partial charge in [-0.15, -0.1) is 0 Å². The zero-order valence-electron chi connectivity index (χ0n) is 16.0. The van der Waals surface area contributed by atoms with Crippen LogP contribution in [-0.4, -0.2) is 41.4 Å². The second-order valence-corrected chi connectivity index (χ2v) is 7.73. The van der Waals surface area contributed by atoms with Crippen LogP contribution in [0.4, 0.5) is 4.79 Å². The summed E-state index contributed by atoms with van der Waals surface area (Å²) in [6, 6.07) is 9.80. The number of aryl methyl sites for hydroxylation is 1. The first kappa shape index (κ1) is 19.4. The molecule has 1 aromatic carbocycles. The summed E-state index contributed by atoms with van der Waals surface area (Å²) in [5.74, 6) is -0.411. The van der Waals surface area contributed by atoms with Crippen LogP contribution in [0.5, 0.6) is 0 Å². The molecule has 1 aliphatic carbocycles. The number of carbonyl (C=O) groups excluding carboxylic acids is 3. The van der Waals surface area contributed by atoms with Gasteiger partial charge in [0.15, 0.2) is 0 Å². The topological polar surface area (TPSA) is 78.5 Å². The molecule has 2 aliphatic rings. The highest BCUT2D eigenvalue weighted by Gasteiger charge is 2.55. The van der Waals surface area contributed by atoms with E-state index < -0.39 is 11.6 Å². The average Bonchev–Trinajstić information content (AvgIpc) is 2.90. The Bertz CT molecular complexity index is 691. The number of hydrogen-bond donors (Lipinski definition) is 2. The van der Waals surface area contributed by atoms with Crippen molar-refractivity contribution in [1.29, 1.82) is 0 Å². The Morgan fingerprint density at radius 2 is 2.00 bits per heavy atom. The molecule has 1 saturated carbocycles. The molecule has 146 valence electrons. The first-order chi connectivity index (χ1) is 13.0. The standard InChI is InChI=1S/C21H29N3O3/c1-16-9-5-7-13-21(16)19(26)24(20(27)23-21)15-18(25)22-14-8-6-12-17-10-3-2-4-11-17/h2-4,10-11,16H,5-9,12-15H2,1H3,(H,22,25)(H,23,27). The van der Waals surface area contributed by atoms with Crippen LogP contribution in [0.25, 0.3) is 0 Å². The predicted molar refractivity (Wildman–Crippen MR) is 103 cm³/mol. The molecule has 3 rings (SSSR count). The van der Waals surface area contributed by atoms with Gasteiger partial charge in [0.25, 0.3) is 5.91 Å². The molecular formula is C21H29N3O3. The third kappa shape index (κ3) is 4.31. The minimum absolute atomic E-state index is 0.105. The number of imide groups is 1. The Hall–Kier alpha value is -2.37. The number of urea groups is 1. The molecule has 1 spiro atoms. The summed E-state index contributed by atoms with van der Waals surface area (Å²) in [4.78, 5) is 38.4. The van der Waals surface area contributed by atoms with E-state index in [-0.39, 0.29) is 24.3 Å². The van der Waals surface area contributed by atoms with Gasteiger partial charge >= 0.3 is 6.03 Å². The predicted octanol–water partition coefficient (Wildman–Crippen LogP) is 2.63. The van der Waals surface area contributed by atoms with Crippen LogP contribution in [0.3, 0.4) is 0 Å². The summed E-state index contributed by atoms with van der Waals surface area (Å²) in [5, 5.41) is 5.70. The molecule has 0 aromatic heterocycles. The number of rotatable bonds is 7. The molecule has 2 N–H and O–H groups in total. The Morgan fingerprint density at radius 1 is 1.22 bits per heavy atom. The zero-order chi connectivity index (χ0) is 19.3. The molecule has 0 radical (unpaired) electrons. The summed E-state index contributed by atoms with van der Waals surface area (Å²) in [7, 11) is 0. The van der Waals surface area contributed by atoms with Gasteiger partial charge in [0.05, 0.1) is 0 Å². The third-order valence-electron chi connectivity index (χ3n) is 5.86. The van der Waals surface area contributed by atoms with E-state index in [0.717, 1.165) is 43.4 Å². The monoisotopic (exact) mass is 371 g/mol. The maximum atomic E-state index is 12.8. The van der Waals surface area contributed by atoms with Gasteiger partial charge in [0.2, 0.25) is 5.91 Å². The Kier molecular flexibility index (Phi) is 6.14. The fourth-order valence-electron chi connectivity index (χ4n) is 4.17. The number of carbonyl (C=O) groups is 3. The molecule has 2 unspecified atom stereocenters. The minimum atomic E-state index is -0.800. The normalized spacial score (nSPS) is 24.9. The summed E-state index contributed by atoms with van der Waals surface area (Å²) in [6.45, 7) is 2.36. The van der Waals surface area contributed by atoms with Gasteiger partial charge < -0.3 is 10.6 Å². The molecule has 1 aromatic rings.